The van der Waals surface area contributed by atoms with Crippen molar-refractivity contribution in [2.75, 3.05) is 5.75 Å². The molecule has 1 aliphatic heterocycles. The molecule has 0 aromatic carbocycles. The van der Waals surface area contributed by atoms with Gasteiger partial charge in [0.1, 0.15) is 0 Å². The molecule has 0 aliphatic carbocycles. The monoisotopic (exact) mass is 214 g/mol. The lowest BCUT2D eigenvalue weighted by atomic mass is 10.00. The van der Waals surface area contributed by atoms with Gasteiger partial charge in [0.25, 0.3) is 0 Å². The third kappa shape index (κ3) is 3.52. The molecule has 1 N–H and O–H groups in total. The van der Waals surface area contributed by atoms with Crippen molar-refractivity contribution in [2.24, 2.45) is 4.99 Å². The predicted molar refractivity (Wildman–Crippen MR) is 66.1 cm³/mol. The topological polar surface area (TPSA) is 24.4 Å². The number of amidine groups is 1. The molecule has 0 saturated carbocycles. The molecular weight excluding hydrogens is 192 g/mol. The van der Waals surface area contributed by atoms with E-state index in [1.54, 1.807) is 0 Å². The second-order valence-corrected chi connectivity index (χ2v) is 5.57. The smallest absolute Gasteiger partial charge is 0.157 e. The van der Waals surface area contributed by atoms with E-state index in [-0.39, 0.29) is 5.54 Å². The van der Waals surface area contributed by atoms with Gasteiger partial charge < -0.3 is 5.32 Å². The minimum absolute atomic E-state index is 0.198. The van der Waals surface area contributed by atoms with E-state index in [9.17, 15) is 0 Å². The molecule has 1 unspecified atom stereocenters. The zero-order valence-electron chi connectivity index (χ0n) is 9.76. The summed E-state index contributed by atoms with van der Waals surface area (Å²) < 4.78 is 0. The van der Waals surface area contributed by atoms with Gasteiger partial charge in [-0.2, -0.15) is 0 Å². The Morgan fingerprint density at radius 1 is 1.50 bits per heavy atom. The summed E-state index contributed by atoms with van der Waals surface area (Å²) in [6.07, 6.45) is 3.57. The Bertz CT molecular complexity index is 211. The molecule has 0 aromatic rings. The number of nitrogens with zero attached hydrogens (tertiary/aromatic N) is 1. The number of thioether (sulfide) groups is 1. The zero-order valence-corrected chi connectivity index (χ0v) is 10.6. The van der Waals surface area contributed by atoms with Gasteiger partial charge in [-0.05, 0) is 26.7 Å². The van der Waals surface area contributed by atoms with Gasteiger partial charge in [-0.1, -0.05) is 32.0 Å². The highest BCUT2D eigenvalue weighted by Crippen LogP contribution is 2.21. The molecule has 2 nitrogen and oxygen atoms in total. The number of hydrogen-bond donors (Lipinski definition) is 1. The quantitative estimate of drug-likeness (QED) is 0.778. The highest BCUT2D eigenvalue weighted by molar-refractivity contribution is 8.14. The Morgan fingerprint density at radius 2 is 2.21 bits per heavy atom. The van der Waals surface area contributed by atoms with Crippen molar-refractivity contribution in [1.82, 2.24) is 5.32 Å². The molecule has 82 valence electrons. The molecule has 1 atom stereocenters. The van der Waals surface area contributed by atoms with Crippen LogP contribution < -0.4 is 5.32 Å². The van der Waals surface area contributed by atoms with Crippen LogP contribution in [0.4, 0.5) is 0 Å². The third-order valence-electron chi connectivity index (χ3n) is 2.50. The minimum Gasteiger partial charge on any atom is -0.360 e. The van der Waals surface area contributed by atoms with Gasteiger partial charge in [-0.3, -0.25) is 4.99 Å². The van der Waals surface area contributed by atoms with Crippen molar-refractivity contribution in [3.8, 4) is 0 Å². The Hall–Kier alpha value is -0.180. The van der Waals surface area contributed by atoms with Crippen molar-refractivity contribution in [3.63, 3.8) is 0 Å². The fourth-order valence-electron chi connectivity index (χ4n) is 1.67. The third-order valence-corrected chi connectivity index (χ3v) is 3.54. The van der Waals surface area contributed by atoms with E-state index in [0.717, 1.165) is 17.3 Å². The highest BCUT2D eigenvalue weighted by atomic mass is 32.2. The lowest BCUT2D eigenvalue weighted by Crippen LogP contribution is -2.41. The van der Waals surface area contributed by atoms with Crippen LogP contribution in [-0.2, 0) is 0 Å². The predicted octanol–water partition coefficient (Wildman–Crippen LogP) is 3.04. The molecular formula is C11H22N2S. The van der Waals surface area contributed by atoms with Crippen LogP contribution in [0.2, 0.25) is 0 Å². The summed E-state index contributed by atoms with van der Waals surface area (Å²) in [6, 6.07) is 0.542. The Kier molecular flexibility index (Phi) is 4.30. The summed E-state index contributed by atoms with van der Waals surface area (Å²) >= 11 is 1.87. The highest BCUT2D eigenvalue weighted by Gasteiger charge is 2.22. The first-order valence-electron chi connectivity index (χ1n) is 5.56. The minimum atomic E-state index is 0.198. The molecule has 0 bridgehead atoms. The van der Waals surface area contributed by atoms with E-state index in [4.69, 9.17) is 0 Å². The van der Waals surface area contributed by atoms with Crippen LogP contribution >= 0.6 is 11.8 Å². The number of nitrogens with one attached hydrogen (secondary N) is 1. The number of aliphatic imine (C=N–C) groups is 1. The first-order valence-corrected chi connectivity index (χ1v) is 6.54. The summed E-state index contributed by atoms with van der Waals surface area (Å²) in [4.78, 5) is 4.64. The van der Waals surface area contributed by atoms with Gasteiger partial charge in [-0.15, -0.1) is 0 Å². The maximum Gasteiger partial charge on any atom is 0.157 e. The molecule has 0 radical (unpaired) electrons. The normalized spacial score (nSPS) is 22.3. The van der Waals surface area contributed by atoms with Crippen molar-refractivity contribution in [3.05, 3.63) is 0 Å². The Balaban J connectivity index is 2.44. The lowest BCUT2D eigenvalue weighted by molar-refractivity contribution is 0.422. The van der Waals surface area contributed by atoms with Crippen molar-refractivity contribution >= 4 is 16.9 Å². The van der Waals surface area contributed by atoms with Crippen molar-refractivity contribution in [2.45, 2.75) is 58.5 Å². The molecule has 0 spiro atoms. The van der Waals surface area contributed by atoms with Gasteiger partial charge in [-0.25, -0.2) is 0 Å². The molecule has 3 heteroatoms. The largest absolute Gasteiger partial charge is 0.360 e. The maximum absolute atomic E-state index is 4.64. The average molecular weight is 214 g/mol. The molecule has 1 aliphatic rings. The van der Waals surface area contributed by atoms with Gasteiger partial charge in [0.2, 0.25) is 0 Å². The molecule has 0 amide bonds. The number of hydrogen-bond acceptors (Lipinski definition) is 3. The van der Waals surface area contributed by atoms with Crippen LogP contribution in [0.1, 0.15) is 47.0 Å². The van der Waals surface area contributed by atoms with Crippen molar-refractivity contribution < 1.29 is 0 Å². The van der Waals surface area contributed by atoms with Crippen LogP contribution in [0, 0.1) is 0 Å². The average Bonchev–Trinajstić information content (AvgIpc) is 2.51. The first-order chi connectivity index (χ1) is 6.57. The molecule has 1 rings (SSSR count). The van der Waals surface area contributed by atoms with Gasteiger partial charge >= 0.3 is 0 Å². The summed E-state index contributed by atoms with van der Waals surface area (Å²) in [5.41, 5.74) is 0.198. The first kappa shape index (κ1) is 11.9. The lowest BCUT2D eigenvalue weighted by Gasteiger charge is -2.26. The fourth-order valence-corrected chi connectivity index (χ4v) is 2.90. The second kappa shape index (κ2) is 5.06. The van der Waals surface area contributed by atoms with Crippen molar-refractivity contribution in [1.29, 1.82) is 0 Å². The van der Waals surface area contributed by atoms with Crippen LogP contribution in [-0.4, -0.2) is 22.5 Å². The zero-order chi connectivity index (χ0) is 10.6. The summed E-state index contributed by atoms with van der Waals surface area (Å²) in [6.45, 7) is 8.93. The van der Waals surface area contributed by atoms with E-state index in [0.29, 0.717) is 6.04 Å². The van der Waals surface area contributed by atoms with E-state index in [1.807, 2.05) is 11.8 Å². The van der Waals surface area contributed by atoms with Crippen LogP contribution in [0.3, 0.4) is 0 Å². The maximum atomic E-state index is 4.64. The van der Waals surface area contributed by atoms with E-state index < -0.39 is 0 Å². The standard InChI is InChI=1S/C11H22N2S/c1-5-7-11(3,4)13-10-12-9(6-2)8-14-10/h9H,5-8H2,1-4H3,(H,12,13). The van der Waals surface area contributed by atoms with Gasteiger partial charge in [0.05, 0.1) is 6.04 Å². The molecule has 0 fully saturated rings. The molecule has 1 heterocycles. The summed E-state index contributed by atoms with van der Waals surface area (Å²) in [5, 5.41) is 4.68. The van der Waals surface area contributed by atoms with Crippen LogP contribution in [0.5, 0.6) is 0 Å². The SMILES string of the molecule is CCCC(C)(C)NC1=NC(CC)CS1. The second-order valence-electron chi connectivity index (χ2n) is 4.57. The summed E-state index contributed by atoms with van der Waals surface area (Å²) in [7, 11) is 0. The van der Waals surface area contributed by atoms with E-state index in [2.05, 4.69) is 38.0 Å². The molecule has 0 aromatic heterocycles. The Labute approximate surface area is 92.0 Å². The van der Waals surface area contributed by atoms with Gasteiger partial charge in [0, 0.05) is 11.3 Å². The van der Waals surface area contributed by atoms with Crippen LogP contribution in [0.15, 0.2) is 4.99 Å². The Morgan fingerprint density at radius 3 is 2.71 bits per heavy atom. The fraction of sp³-hybridized carbons (Fsp3) is 0.909. The van der Waals surface area contributed by atoms with E-state index >= 15 is 0 Å². The van der Waals surface area contributed by atoms with Gasteiger partial charge in [0.15, 0.2) is 5.17 Å². The molecule has 14 heavy (non-hydrogen) atoms. The number of rotatable bonds is 4. The van der Waals surface area contributed by atoms with E-state index in [1.165, 1.54) is 12.8 Å². The molecule has 0 saturated heterocycles. The van der Waals surface area contributed by atoms with Crippen LogP contribution in [0.25, 0.3) is 0 Å². The summed E-state index contributed by atoms with van der Waals surface area (Å²) in [5.74, 6) is 1.15.